The predicted molar refractivity (Wildman–Crippen MR) is 87.9 cm³/mol. The number of hydrogen-bond donors (Lipinski definition) is 0. The molecule has 6 heteroatoms. The van der Waals surface area contributed by atoms with Gasteiger partial charge in [0.2, 0.25) is 0 Å². The Labute approximate surface area is 161 Å². The molecule has 0 saturated carbocycles. The van der Waals surface area contributed by atoms with Gasteiger partial charge in [-0.25, -0.2) is 4.79 Å². The molecule has 0 radical (unpaired) electrons. The fourth-order valence-electron chi connectivity index (χ4n) is 2.40. The van der Waals surface area contributed by atoms with Crippen LogP contribution in [0.15, 0.2) is 42.2 Å². The summed E-state index contributed by atoms with van der Waals surface area (Å²) in [6.45, 7) is 5.91. The topological polar surface area (TPSA) is 67.8 Å². The first kappa shape index (κ1) is 21.8. The molecule has 2 atom stereocenters. The van der Waals surface area contributed by atoms with Crippen LogP contribution in [0.3, 0.4) is 0 Å². The second-order valence-corrected chi connectivity index (χ2v) is 6.88. The Bertz CT molecular complexity index is 565. The van der Waals surface area contributed by atoms with Crippen molar-refractivity contribution < 1.29 is 43.0 Å². The molecule has 132 valence electrons. The van der Waals surface area contributed by atoms with Crippen LogP contribution < -0.4 is 24.0 Å². The predicted octanol–water partition coefficient (Wildman–Crippen LogP) is -0.659. The smallest absolute Gasteiger partial charge is 0.848 e. The quantitative estimate of drug-likeness (QED) is 0.391. The van der Waals surface area contributed by atoms with Crippen molar-refractivity contribution in [3.63, 3.8) is 0 Å². The van der Waals surface area contributed by atoms with Crippen molar-refractivity contribution in [2.45, 2.75) is 58.0 Å². The van der Waals surface area contributed by atoms with Gasteiger partial charge in [0.05, 0.1) is 18.8 Å². The summed E-state index contributed by atoms with van der Waals surface area (Å²) in [7, 11) is 0. The maximum atomic E-state index is 12.2. The van der Waals surface area contributed by atoms with Crippen LogP contribution in [-0.4, -0.2) is 30.4 Å². The van der Waals surface area contributed by atoms with Gasteiger partial charge in [0.1, 0.15) is 11.4 Å². The van der Waals surface area contributed by atoms with Crippen LogP contribution in [-0.2, 0) is 25.6 Å². The molecule has 2 rings (SSSR count). The zero-order valence-electron chi connectivity index (χ0n) is 15.5. The van der Waals surface area contributed by atoms with Gasteiger partial charge in [0.25, 0.3) is 0 Å². The Kier molecular flexibility index (Phi) is 8.74. The van der Waals surface area contributed by atoms with Crippen LogP contribution in [0.5, 0.6) is 0 Å². The van der Waals surface area contributed by atoms with Crippen LogP contribution in [0, 0.1) is 0 Å². The molecule has 0 aromatic heterocycles. The third-order valence-corrected chi connectivity index (χ3v) is 3.47. The van der Waals surface area contributed by atoms with Gasteiger partial charge in [-0.1, -0.05) is 36.4 Å². The van der Waals surface area contributed by atoms with Crippen molar-refractivity contribution in [3.05, 3.63) is 47.7 Å². The summed E-state index contributed by atoms with van der Waals surface area (Å²) < 4.78 is 16.3. The van der Waals surface area contributed by atoms with E-state index < -0.39 is 23.8 Å². The maximum absolute atomic E-state index is 12.2. The van der Waals surface area contributed by atoms with E-state index >= 15 is 0 Å². The van der Waals surface area contributed by atoms with Gasteiger partial charge in [-0.3, -0.25) is 0 Å². The van der Waals surface area contributed by atoms with E-state index in [0.717, 1.165) is 5.56 Å². The summed E-state index contributed by atoms with van der Waals surface area (Å²) in [6.07, 6.45) is 1.06. The molecule has 1 fully saturated rings. The number of benzene rings is 1. The molecule has 1 aromatic rings. The molecule has 1 saturated heterocycles. The van der Waals surface area contributed by atoms with Gasteiger partial charge in [-0.2, -0.15) is 0 Å². The maximum Gasteiger partial charge on any atom is 1.00 e. The van der Waals surface area contributed by atoms with Gasteiger partial charge in [-0.15, -0.1) is 0 Å². The molecule has 1 aliphatic rings. The molecular weight excluding hydrogens is 315 g/mol. The van der Waals surface area contributed by atoms with Crippen molar-refractivity contribution in [2.24, 2.45) is 0 Å². The van der Waals surface area contributed by atoms with Crippen LogP contribution in [0.4, 0.5) is 0 Å². The summed E-state index contributed by atoms with van der Waals surface area (Å²) >= 11 is 0. The SMILES string of the molecule is CC(C)(C)OC(=O)/C=C1/CC[C@H]([C@@H]([O-])COCc2ccccc2)O1.[Li+]. The average Bonchev–Trinajstić information content (AvgIpc) is 2.94. The fraction of sp³-hybridized carbons (Fsp3) is 0.526. The van der Waals surface area contributed by atoms with Gasteiger partial charge in [0, 0.05) is 13.0 Å². The van der Waals surface area contributed by atoms with Crippen LogP contribution in [0.1, 0.15) is 39.2 Å². The minimum Gasteiger partial charge on any atom is -0.848 e. The largest absolute Gasteiger partial charge is 1.00 e. The van der Waals surface area contributed by atoms with E-state index in [1.54, 1.807) is 20.8 Å². The molecule has 0 aliphatic carbocycles. The summed E-state index contributed by atoms with van der Waals surface area (Å²) in [4.78, 5) is 11.7. The first-order valence-electron chi connectivity index (χ1n) is 8.21. The Hall–Kier alpha value is -1.25. The van der Waals surface area contributed by atoms with Gasteiger partial charge < -0.3 is 19.3 Å². The molecule has 1 aliphatic heterocycles. The number of carbonyl (C=O) groups is 1. The van der Waals surface area contributed by atoms with Crippen molar-refractivity contribution in [2.75, 3.05) is 6.61 Å². The minimum absolute atomic E-state index is 0. The number of allylic oxidation sites excluding steroid dienone is 1. The Morgan fingerprint density at radius 2 is 2.04 bits per heavy atom. The Morgan fingerprint density at radius 3 is 2.68 bits per heavy atom. The van der Waals surface area contributed by atoms with Crippen LogP contribution >= 0.6 is 0 Å². The van der Waals surface area contributed by atoms with E-state index in [0.29, 0.717) is 25.2 Å². The average molecular weight is 340 g/mol. The third-order valence-electron chi connectivity index (χ3n) is 3.47. The van der Waals surface area contributed by atoms with E-state index in [1.807, 2.05) is 30.3 Å². The molecule has 0 N–H and O–H groups in total. The van der Waals surface area contributed by atoms with Crippen LogP contribution in [0.25, 0.3) is 0 Å². The third kappa shape index (κ3) is 8.11. The molecule has 0 amide bonds. The first-order chi connectivity index (χ1) is 11.3. The van der Waals surface area contributed by atoms with Crippen molar-refractivity contribution in [3.8, 4) is 0 Å². The zero-order valence-corrected chi connectivity index (χ0v) is 15.5. The summed E-state index contributed by atoms with van der Waals surface area (Å²) in [5.41, 5.74) is 0.487. The first-order valence-corrected chi connectivity index (χ1v) is 8.21. The van der Waals surface area contributed by atoms with E-state index in [2.05, 4.69) is 0 Å². The molecular formula is C19H25LiO5. The summed E-state index contributed by atoms with van der Waals surface area (Å²) in [6, 6.07) is 9.70. The summed E-state index contributed by atoms with van der Waals surface area (Å²) in [5.74, 6) is 0.0686. The Morgan fingerprint density at radius 1 is 1.36 bits per heavy atom. The molecule has 25 heavy (non-hydrogen) atoms. The van der Waals surface area contributed by atoms with Crippen LogP contribution in [0.2, 0.25) is 0 Å². The molecule has 0 unspecified atom stereocenters. The van der Waals surface area contributed by atoms with Gasteiger partial charge in [0.15, 0.2) is 0 Å². The van der Waals surface area contributed by atoms with E-state index in [9.17, 15) is 9.90 Å². The number of ether oxygens (including phenoxy) is 3. The molecule has 1 heterocycles. The summed E-state index contributed by atoms with van der Waals surface area (Å²) in [5, 5.41) is 12.2. The standard InChI is InChI=1S/C19H25O5.Li/c1-19(2,3)24-18(21)11-15-9-10-17(23-15)16(20)13-22-12-14-7-5-4-6-8-14;/h4-8,11,16-17H,9-10,12-13H2,1-3H3;/q-1;+1/b15-11-;/t16-,17+;/m0./s1. The molecule has 1 aromatic carbocycles. The van der Waals surface area contributed by atoms with E-state index in [-0.39, 0.29) is 25.5 Å². The zero-order chi connectivity index (χ0) is 17.6. The van der Waals surface area contributed by atoms with Crippen molar-refractivity contribution in [1.29, 1.82) is 0 Å². The molecule has 0 spiro atoms. The fourth-order valence-corrected chi connectivity index (χ4v) is 2.40. The second-order valence-electron chi connectivity index (χ2n) is 6.88. The van der Waals surface area contributed by atoms with E-state index in [4.69, 9.17) is 14.2 Å². The number of esters is 1. The van der Waals surface area contributed by atoms with E-state index in [1.165, 1.54) is 6.08 Å². The minimum atomic E-state index is -0.974. The monoisotopic (exact) mass is 340 g/mol. The van der Waals surface area contributed by atoms with Crippen molar-refractivity contribution >= 4 is 5.97 Å². The van der Waals surface area contributed by atoms with Gasteiger partial charge >= 0.3 is 24.8 Å². The number of rotatable bonds is 6. The number of carbonyl (C=O) groups excluding carboxylic acids is 1. The Balaban J connectivity index is 0.00000312. The molecule has 5 nitrogen and oxygen atoms in total. The molecule has 0 bridgehead atoms. The second kappa shape index (κ2) is 10.0. The normalized spacial score (nSPS) is 19.8. The van der Waals surface area contributed by atoms with Crippen molar-refractivity contribution in [1.82, 2.24) is 0 Å². The number of hydrogen-bond acceptors (Lipinski definition) is 5. The van der Waals surface area contributed by atoms with Gasteiger partial charge in [-0.05, 0) is 32.8 Å².